The van der Waals surface area contributed by atoms with E-state index in [-0.39, 0.29) is 0 Å². The first kappa shape index (κ1) is 21.7. The maximum atomic E-state index is 10.4. The minimum atomic E-state index is -1.40. The second-order valence-corrected chi connectivity index (χ2v) is 7.80. The average Bonchev–Trinajstić information content (AvgIpc) is 2.73. The molecule has 0 amide bonds. The fourth-order valence-electron chi connectivity index (χ4n) is 3.76. The highest BCUT2D eigenvalue weighted by Gasteiger charge is 2.43. The second-order valence-electron chi connectivity index (χ2n) is 7.80. The van der Waals surface area contributed by atoms with Gasteiger partial charge in [0.05, 0.1) is 6.61 Å². The van der Waals surface area contributed by atoms with Crippen LogP contribution in [0.4, 0.5) is 5.69 Å². The molecule has 0 aliphatic carbocycles. The largest absolute Gasteiger partial charge is 0.398 e. The zero-order valence-corrected chi connectivity index (χ0v) is 16.7. The van der Waals surface area contributed by atoms with Gasteiger partial charge in [-0.1, -0.05) is 49.7 Å². The van der Waals surface area contributed by atoms with Crippen molar-refractivity contribution in [2.45, 2.75) is 63.1 Å². The highest BCUT2D eigenvalue weighted by molar-refractivity contribution is 5.51. The lowest BCUT2D eigenvalue weighted by Gasteiger charge is -2.40. The van der Waals surface area contributed by atoms with Crippen LogP contribution < -0.4 is 5.73 Å². The molecule has 0 aromatic heterocycles. The van der Waals surface area contributed by atoms with Crippen molar-refractivity contribution in [2.75, 3.05) is 12.3 Å². The molecule has 2 aromatic rings. The molecule has 2 aromatic carbocycles. The smallest absolute Gasteiger partial charge is 0.113 e. The van der Waals surface area contributed by atoms with Crippen LogP contribution >= 0.6 is 0 Å². The number of aliphatic hydroxyl groups excluding tert-OH is 4. The van der Waals surface area contributed by atoms with Gasteiger partial charge in [0.1, 0.15) is 30.5 Å². The summed E-state index contributed by atoms with van der Waals surface area (Å²) >= 11 is 0. The van der Waals surface area contributed by atoms with Crippen molar-refractivity contribution < 1.29 is 25.2 Å². The molecule has 0 bridgehead atoms. The first-order valence-electron chi connectivity index (χ1n) is 10.2. The zero-order chi connectivity index (χ0) is 21.0. The number of aliphatic hydroxyl groups is 4. The number of hydrogen-bond acceptors (Lipinski definition) is 6. The lowest BCUT2D eigenvalue weighted by Crippen LogP contribution is -2.55. The van der Waals surface area contributed by atoms with Crippen LogP contribution in [0.2, 0.25) is 0 Å². The van der Waals surface area contributed by atoms with Gasteiger partial charge in [0.2, 0.25) is 0 Å². The lowest BCUT2D eigenvalue weighted by atomic mass is 9.89. The van der Waals surface area contributed by atoms with Gasteiger partial charge in [0, 0.05) is 5.69 Å². The summed E-state index contributed by atoms with van der Waals surface area (Å²) in [6, 6.07) is 13.8. The second kappa shape index (κ2) is 9.69. The number of nitrogen functional groups attached to an aromatic ring is 1. The first-order valence-corrected chi connectivity index (χ1v) is 10.2. The molecule has 1 fully saturated rings. The van der Waals surface area contributed by atoms with Gasteiger partial charge in [0.25, 0.3) is 0 Å². The fourth-order valence-corrected chi connectivity index (χ4v) is 3.76. The normalized spacial score (nSPS) is 27.1. The Morgan fingerprint density at radius 2 is 1.62 bits per heavy atom. The summed E-state index contributed by atoms with van der Waals surface area (Å²) in [6.45, 7) is 1.73. The minimum Gasteiger partial charge on any atom is -0.398 e. The predicted octanol–water partition coefficient (Wildman–Crippen LogP) is 1.72. The van der Waals surface area contributed by atoms with Crippen LogP contribution in [0.3, 0.4) is 0 Å². The molecular formula is C23H31NO5. The summed E-state index contributed by atoms with van der Waals surface area (Å²) in [5.74, 6) is 0. The van der Waals surface area contributed by atoms with Gasteiger partial charge in [0.15, 0.2) is 0 Å². The Labute approximate surface area is 171 Å². The molecule has 1 saturated heterocycles. The van der Waals surface area contributed by atoms with Crippen LogP contribution in [0.15, 0.2) is 42.5 Å². The number of benzene rings is 2. The summed E-state index contributed by atoms with van der Waals surface area (Å²) in [7, 11) is 0. The van der Waals surface area contributed by atoms with Crippen LogP contribution in [0.5, 0.6) is 0 Å². The predicted molar refractivity (Wildman–Crippen MR) is 111 cm³/mol. The van der Waals surface area contributed by atoms with E-state index in [1.807, 2.05) is 6.07 Å². The van der Waals surface area contributed by atoms with Gasteiger partial charge >= 0.3 is 0 Å². The third kappa shape index (κ3) is 4.97. The molecule has 158 valence electrons. The Morgan fingerprint density at radius 3 is 2.28 bits per heavy atom. The van der Waals surface area contributed by atoms with Gasteiger partial charge in [-0.3, -0.25) is 0 Å². The number of unbranched alkanes of at least 4 members (excludes halogenated alkanes) is 1. The molecule has 0 radical (unpaired) electrons. The Balaban J connectivity index is 1.79. The maximum absolute atomic E-state index is 10.4. The van der Waals surface area contributed by atoms with Gasteiger partial charge < -0.3 is 30.9 Å². The van der Waals surface area contributed by atoms with E-state index in [0.717, 1.165) is 17.5 Å². The van der Waals surface area contributed by atoms with Gasteiger partial charge in [-0.2, -0.15) is 0 Å². The van der Waals surface area contributed by atoms with Crippen molar-refractivity contribution in [1.82, 2.24) is 0 Å². The zero-order valence-electron chi connectivity index (χ0n) is 16.7. The van der Waals surface area contributed by atoms with Crippen molar-refractivity contribution in [2.24, 2.45) is 0 Å². The molecule has 5 atom stereocenters. The van der Waals surface area contributed by atoms with Gasteiger partial charge in [-0.05, 0) is 47.6 Å². The van der Waals surface area contributed by atoms with Crippen LogP contribution in [0, 0.1) is 0 Å². The summed E-state index contributed by atoms with van der Waals surface area (Å²) in [5.41, 5.74) is 10.8. The first-order chi connectivity index (χ1) is 13.9. The standard InChI is InChI=1S/C23H31NO5/c1-2-3-4-14-5-7-15(8-6-14)11-17-12-16(9-10-18(17)24)23-22(28)21(27)20(26)19(13-25)29-23/h5-10,12,19-23,25-28H,2-4,11,13,24H2,1H3/t19-,20-,21?,22-,23+/m1/s1. The molecule has 6 N–H and O–H groups in total. The monoisotopic (exact) mass is 401 g/mol. The topological polar surface area (TPSA) is 116 Å². The summed E-state index contributed by atoms with van der Waals surface area (Å²) < 4.78 is 5.66. The number of anilines is 1. The molecule has 0 saturated carbocycles. The molecular weight excluding hydrogens is 370 g/mol. The van der Waals surface area contributed by atoms with E-state index in [2.05, 4.69) is 31.2 Å². The van der Waals surface area contributed by atoms with E-state index in [1.165, 1.54) is 18.4 Å². The molecule has 6 nitrogen and oxygen atoms in total. The lowest BCUT2D eigenvalue weighted by molar-refractivity contribution is -0.231. The molecule has 6 heteroatoms. The highest BCUT2D eigenvalue weighted by atomic mass is 16.5. The Bertz CT molecular complexity index is 792. The van der Waals surface area contributed by atoms with E-state index in [0.29, 0.717) is 17.7 Å². The summed E-state index contributed by atoms with van der Waals surface area (Å²) in [4.78, 5) is 0. The van der Waals surface area contributed by atoms with Crippen LogP contribution in [0.25, 0.3) is 0 Å². The minimum absolute atomic E-state index is 0.451. The van der Waals surface area contributed by atoms with E-state index >= 15 is 0 Å². The van der Waals surface area contributed by atoms with E-state index in [9.17, 15) is 20.4 Å². The summed E-state index contributed by atoms with van der Waals surface area (Å²) in [6.07, 6.45) is -1.82. The fraction of sp³-hybridized carbons (Fsp3) is 0.478. The number of ether oxygens (including phenoxy) is 1. The van der Waals surface area contributed by atoms with E-state index < -0.39 is 37.1 Å². The van der Waals surface area contributed by atoms with Crippen molar-refractivity contribution in [3.63, 3.8) is 0 Å². The Kier molecular flexibility index (Phi) is 7.27. The molecule has 1 heterocycles. The molecule has 1 aliphatic heterocycles. The molecule has 1 unspecified atom stereocenters. The quantitative estimate of drug-likeness (QED) is 0.451. The van der Waals surface area contributed by atoms with E-state index in [1.54, 1.807) is 12.1 Å². The maximum Gasteiger partial charge on any atom is 0.113 e. The SMILES string of the molecule is CCCCc1ccc(Cc2cc([C@@H]3O[C@H](CO)[C@@H](O)C(O)[C@H]3O)ccc2N)cc1. The molecule has 0 spiro atoms. The van der Waals surface area contributed by atoms with E-state index in [4.69, 9.17) is 10.5 Å². The van der Waals surface area contributed by atoms with Gasteiger partial charge in [-0.15, -0.1) is 0 Å². The Hall–Kier alpha value is -1.96. The number of aryl methyl sites for hydroxylation is 1. The van der Waals surface area contributed by atoms with Crippen LogP contribution in [-0.4, -0.2) is 51.4 Å². The van der Waals surface area contributed by atoms with Gasteiger partial charge in [-0.25, -0.2) is 0 Å². The molecule has 1 aliphatic rings. The van der Waals surface area contributed by atoms with Crippen LogP contribution in [-0.2, 0) is 17.6 Å². The van der Waals surface area contributed by atoms with Crippen LogP contribution in [0.1, 0.15) is 48.1 Å². The third-order valence-electron chi connectivity index (χ3n) is 5.62. The number of hydrogen-bond donors (Lipinski definition) is 5. The van der Waals surface area contributed by atoms with Crippen molar-refractivity contribution >= 4 is 5.69 Å². The number of rotatable bonds is 7. The highest BCUT2D eigenvalue weighted by Crippen LogP contribution is 2.34. The number of nitrogens with two attached hydrogens (primary N) is 1. The Morgan fingerprint density at radius 1 is 0.931 bits per heavy atom. The molecule has 3 rings (SSSR count). The van der Waals surface area contributed by atoms with Crippen molar-refractivity contribution in [1.29, 1.82) is 0 Å². The molecule has 29 heavy (non-hydrogen) atoms. The van der Waals surface area contributed by atoms with Crippen molar-refractivity contribution in [3.05, 3.63) is 64.7 Å². The average molecular weight is 402 g/mol. The third-order valence-corrected chi connectivity index (χ3v) is 5.62. The summed E-state index contributed by atoms with van der Waals surface area (Å²) in [5, 5.41) is 39.8. The van der Waals surface area contributed by atoms with Crippen molar-refractivity contribution in [3.8, 4) is 0 Å².